The number of nitrogens with zero attached hydrogens (tertiary/aromatic N) is 3. The van der Waals surface area contributed by atoms with Gasteiger partial charge in [0.2, 0.25) is 5.91 Å². The van der Waals surface area contributed by atoms with Gasteiger partial charge in [0, 0.05) is 251 Å². The number of hydrogen-bond acceptors (Lipinski definition) is 34. The minimum absolute atomic E-state index is 0. The van der Waals surface area contributed by atoms with Crippen LogP contribution in [0.1, 0.15) is 302 Å². The summed E-state index contributed by atoms with van der Waals surface area (Å²) in [4.78, 5) is 225. The maximum atomic E-state index is 13.4. The molecule has 0 spiro atoms. The van der Waals surface area contributed by atoms with E-state index >= 15 is 0 Å². The molecule has 1 fully saturated rings. The average molecular weight is 1700 g/mol. The van der Waals surface area contributed by atoms with Crippen LogP contribution in [0.25, 0.3) is 0 Å². The second-order valence-electron chi connectivity index (χ2n) is 29.0. The first-order valence-corrected chi connectivity index (χ1v) is 38.9. The fourth-order valence-electron chi connectivity index (χ4n) is 14.6. The maximum Gasteiger partial charge on any atom is 0.302 e. The largest absolute Gasteiger partial charge is 0.463 e. The Bertz CT molecular complexity index is 3340. The van der Waals surface area contributed by atoms with Crippen LogP contribution >= 0.6 is 0 Å². The van der Waals surface area contributed by atoms with E-state index in [4.69, 9.17) is 75.8 Å². The number of amides is 1. The summed E-state index contributed by atoms with van der Waals surface area (Å²) in [6.07, 6.45) is -15.4. The molecule has 1 amide bonds. The zero-order valence-corrected chi connectivity index (χ0v) is 69.7. The van der Waals surface area contributed by atoms with Crippen LogP contribution < -0.4 is 0 Å². The standard InChI is InChI=1S/C79H121N3O33.4CH4/c1-19-62(82-25-22-20-21-23-79(82)99)28-63(81-26-24-80-44-81)29-65(102-48(5)85)31-67(104-50(7)87)33-69(106-52(9)89)35-71(108-54(11)91)37-73(110-56(13)93)39-75(112-58(15)95)41-77(114-60(17)97)43-78(115-61(18)98)42-76(113-59(16)96)40-74(111-57(14)94)38-72(109-55(12)92)36-70(107-53(10)90)34-68(105-51(8)88)32-66(103-49(6)86)30-64(101-47(4)84)27-45(2)100-46(3)83;;;;/h24,26,44-45,62-78H,19-23,25,27-43H2,1-18H3;4*1H4. The van der Waals surface area contributed by atoms with E-state index in [0.29, 0.717) is 25.8 Å². The molecular formula is C83H137N3O33. The fourth-order valence-corrected chi connectivity index (χ4v) is 14.6. The molecule has 36 heteroatoms. The lowest BCUT2D eigenvalue weighted by molar-refractivity contribution is -0.166. The first-order chi connectivity index (χ1) is 53.8. The first-order valence-electron chi connectivity index (χ1n) is 38.9. The summed E-state index contributed by atoms with van der Waals surface area (Å²) in [5, 5.41) is 0. The monoisotopic (exact) mass is 1700 g/mol. The van der Waals surface area contributed by atoms with E-state index in [2.05, 4.69) is 4.98 Å². The Kier molecular flexibility index (Phi) is 57.0. The normalized spacial score (nSPS) is 16.3. The topological polar surface area (TPSA) is 459 Å². The number of ether oxygens (including phenoxy) is 16. The first kappa shape index (κ1) is 113. The van der Waals surface area contributed by atoms with Crippen molar-refractivity contribution in [1.82, 2.24) is 14.5 Å². The highest BCUT2D eigenvalue weighted by molar-refractivity contribution is 5.77. The van der Waals surface area contributed by atoms with Crippen molar-refractivity contribution in [3.05, 3.63) is 18.7 Å². The number of hydrogen-bond donors (Lipinski definition) is 0. The molecule has 1 aromatic rings. The molecule has 0 radical (unpaired) electrons. The van der Waals surface area contributed by atoms with Crippen LogP contribution in [0.15, 0.2) is 18.7 Å². The molecule has 0 aromatic carbocycles. The molecule has 18 atom stereocenters. The number of imidazole rings is 1. The minimum atomic E-state index is -1.38. The van der Waals surface area contributed by atoms with Gasteiger partial charge in [-0.3, -0.25) is 81.5 Å². The predicted octanol–water partition coefficient (Wildman–Crippen LogP) is 10.7. The van der Waals surface area contributed by atoms with Crippen molar-refractivity contribution >= 4 is 101 Å². The molecule has 0 N–H and O–H groups in total. The molecular weight excluding hydrogens is 1570 g/mol. The van der Waals surface area contributed by atoms with E-state index in [-0.39, 0.29) is 106 Å². The van der Waals surface area contributed by atoms with Crippen molar-refractivity contribution in [2.75, 3.05) is 6.54 Å². The molecule has 0 saturated carbocycles. The third-order valence-corrected chi connectivity index (χ3v) is 17.9. The summed E-state index contributed by atoms with van der Waals surface area (Å²) < 4.78 is 93.4. The van der Waals surface area contributed by atoms with Crippen molar-refractivity contribution in [1.29, 1.82) is 0 Å². The van der Waals surface area contributed by atoms with Gasteiger partial charge < -0.3 is 85.3 Å². The zero-order valence-electron chi connectivity index (χ0n) is 69.7. The molecule has 1 aromatic heterocycles. The summed E-state index contributed by atoms with van der Waals surface area (Å²) in [7, 11) is 0. The molecule has 0 aliphatic carbocycles. The second kappa shape index (κ2) is 59.8. The average Bonchev–Trinajstić information content (AvgIpc) is 1.82. The number of likely N-dealkylation sites (tertiary alicyclic amines) is 1. The summed E-state index contributed by atoms with van der Waals surface area (Å²) in [5.74, 6) is -13.0. The van der Waals surface area contributed by atoms with Gasteiger partial charge in [-0.2, -0.15) is 0 Å². The number of rotatable bonds is 53. The van der Waals surface area contributed by atoms with Crippen molar-refractivity contribution in [2.45, 2.75) is 405 Å². The minimum Gasteiger partial charge on any atom is -0.463 e. The highest BCUT2D eigenvalue weighted by Crippen LogP contribution is 2.34. The summed E-state index contributed by atoms with van der Waals surface area (Å²) in [6.45, 7) is 21.7. The summed E-state index contributed by atoms with van der Waals surface area (Å²) >= 11 is 0. The van der Waals surface area contributed by atoms with Crippen molar-refractivity contribution in [3.63, 3.8) is 0 Å². The van der Waals surface area contributed by atoms with E-state index < -0.39 is 238 Å². The Balaban J connectivity index is -0.0000336. The molecule has 682 valence electrons. The molecule has 36 nitrogen and oxygen atoms in total. The number of esters is 16. The lowest BCUT2D eigenvalue weighted by atomic mass is 9.92. The van der Waals surface area contributed by atoms with Crippen LogP contribution in [0.4, 0.5) is 0 Å². The smallest absolute Gasteiger partial charge is 0.302 e. The van der Waals surface area contributed by atoms with Crippen molar-refractivity contribution in [2.24, 2.45) is 0 Å². The summed E-state index contributed by atoms with van der Waals surface area (Å²) in [6, 6.07) is -0.598. The van der Waals surface area contributed by atoms with E-state index in [1.165, 1.54) is 13.8 Å². The molecule has 1 aliphatic heterocycles. The molecule has 0 bridgehead atoms. The van der Waals surface area contributed by atoms with Crippen LogP contribution in [0.2, 0.25) is 0 Å². The van der Waals surface area contributed by atoms with Crippen LogP contribution in [0.5, 0.6) is 0 Å². The van der Waals surface area contributed by atoms with Gasteiger partial charge in [-0.1, -0.05) is 43.1 Å². The van der Waals surface area contributed by atoms with Crippen LogP contribution in [-0.4, -0.2) is 226 Å². The van der Waals surface area contributed by atoms with Gasteiger partial charge in [0.1, 0.15) is 97.7 Å². The van der Waals surface area contributed by atoms with Crippen molar-refractivity contribution in [3.8, 4) is 0 Å². The predicted molar refractivity (Wildman–Crippen MR) is 425 cm³/mol. The Morgan fingerprint density at radius 2 is 0.487 bits per heavy atom. The molecule has 2 heterocycles. The lowest BCUT2D eigenvalue weighted by Gasteiger charge is -2.35. The quantitative estimate of drug-likeness (QED) is 0.0432. The highest BCUT2D eigenvalue weighted by Gasteiger charge is 2.39. The van der Waals surface area contributed by atoms with Gasteiger partial charge in [-0.05, 0) is 32.6 Å². The van der Waals surface area contributed by atoms with Gasteiger partial charge in [0.15, 0.2) is 0 Å². The van der Waals surface area contributed by atoms with Crippen LogP contribution in [-0.2, 0) is 157 Å². The third kappa shape index (κ3) is 53.4. The Morgan fingerprint density at radius 3 is 0.672 bits per heavy atom. The SMILES string of the molecule is C.C.C.C.CCC(CC(CC(CC(CC(CC(CC(CC(CC(CC(CC(CC(CC(CC(CC(CC(CC(CC(C)OC(C)=O)OC(C)=O)OC(C)=O)OC(C)=O)OC(C)=O)OC(C)=O)OC(C)=O)OC(C)=O)OC(C)=O)OC(C)=O)OC(C)=O)OC(C)=O)OC(C)=O)OC(C)=O)OC(C)=O)OC(C)=O)n1ccnc1)N1CCCCCC1=O. The molecule has 119 heavy (non-hydrogen) atoms. The number of aromatic nitrogens is 2. The van der Waals surface area contributed by atoms with Crippen LogP contribution in [0.3, 0.4) is 0 Å². The van der Waals surface area contributed by atoms with E-state index in [0.717, 1.165) is 116 Å². The van der Waals surface area contributed by atoms with Gasteiger partial charge in [0.05, 0.1) is 6.33 Å². The highest BCUT2D eigenvalue weighted by atomic mass is 16.6. The van der Waals surface area contributed by atoms with Crippen LogP contribution in [0, 0.1) is 0 Å². The fraction of sp³-hybridized carbons (Fsp3) is 0.759. The Labute approximate surface area is 701 Å². The van der Waals surface area contributed by atoms with E-state index in [1.54, 1.807) is 25.6 Å². The Morgan fingerprint density at radius 1 is 0.286 bits per heavy atom. The maximum absolute atomic E-state index is 13.4. The number of carbonyl (C=O) groups is 17. The second-order valence-corrected chi connectivity index (χ2v) is 29.0. The number of carbonyl (C=O) groups excluding carboxylic acids is 17. The van der Waals surface area contributed by atoms with Gasteiger partial charge in [-0.25, -0.2) is 4.98 Å². The molecule has 18 unspecified atom stereocenters. The molecule has 2 rings (SSSR count). The Hall–Kier alpha value is -9.80. The lowest BCUT2D eigenvalue weighted by Crippen LogP contribution is -2.41. The summed E-state index contributed by atoms with van der Waals surface area (Å²) in [5.41, 5.74) is 0. The van der Waals surface area contributed by atoms with E-state index in [1.807, 2.05) is 16.4 Å². The third-order valence-electron chi connectivity index (χ3n) is 17.9. The van der Waals surface area contributed by atoms with Crippen molar-refractivity contribution < 1.29 is 157 Å². The molecule has 1 saturated heterocycles. The van der Waals surface area contributed by atoms with Gasteiger partial charge in [-0.15, -0.1) is 0 Å². The molecule has 1 aliphatic rings. The zero-order chi connectivity index (χ0) is 86.8. The van der Waals surface area contributed by atoms with E-state index in [9.17, 15) is 81.5 Å². The van der Waals surface area contributed by atoms with Gasteiger partial charge in [0.25, 0.3) is 0 Å². The van der Waals surface area contributed by atoms with Gasteiger partial charge >= 0.3 is 95.5 Å².